The van der Waals surface area contributed by atoms with E-state index in [1.54, 1.807) is 6.07 Å². The van der Waals surface area contributed by atoms with Gasteiger partial charge in [-0.3, -0.25) is 4.79 Å². The van der Waals surface area contributed by atoms with Crippen molar-refractivity contribution in [2.24, 2.45) is 0 Å². The summed E-state index contributed by atoms with van der Waals surface area (Å²) in [6, 6.07) is 11.6. The van der Waals surface area contributed by atoms with Crippen molar-refractivity contribution >= 4 is 11.6 Å². The number of benzene rings is 1. The number of aryl methyl sites for hydroxylation is 3. The molecule has 0 aliphatic carbocycles. The number of nitrogens with one attached hydrogen (secondary N) is 1. The molecule has 0 bridgehead atoms. The molecule has 0 radical (unpaired) electrons. The molecule has 1 amide bonds. The molecule has 1 aromatic carbocycles. The Labute approximate surface area is 113 Å². The summed E-state index contributed by atoms with van der Waals surface area (Å²) in [5, 5.41) is 2.93. The molecule has 0 saturated heterocycles. The van der Waals surface area contributed by atoms with Gasteiger partial charge in [-0.1, -0.05) is 25.1 Å². The molecule has 0 fully saturated rings. The number of carbonyl (C=O) groups excluding carboxylic acids is 1. The van der Waals surface area contributed by atoms with Gasteiger partial charge in [-0.2, -0.15) is 0 Å². The van der Waals surface area contributed by atoms with Gasteiger partial charge >= 0.3 is 0 Å². The minimum absolute atomic E-state index is 0.160. The molecule has 1 N–H and O–H groups in total. The number of hydrogen-bond acceptors (Lipinski definition) is 2. The lowest BCUT2D eigenvalue weighted by Gasteiger charge is -2.10. The summed E-state index contributed by atoms with van der Waals surface area (Å²) in [6.07, 6.45) is 0.886. The third-order valence-corrected chi connectivity index (χ3v) is 2.98. The average Bonchev–Trinajstić information content (AvgIpc) is 2.38. The van der Waals surface area contributed by atoms with E-state index in [9.17, 15) is 4.79 Å². The summed E-state index contributed by atoms with van der Waals surface area (Å²) >= 11 is 0. The van der Waals surface area contributed by atoms with E-state index >= 15 is 0 Å². The monoisotopic (exact) mass is 254 g/mol. The Hall–Kier alpha value is -2.16. The third-order valence-electron chi connectivity index (χ3n) is 2.98. The molecule has 2 aromatic rings. The third kappa shape index (κ3) is 3.19. The standard InChI is InChI=1S/C16H18N2O/c1-4-13-7-5-6-8-14(13)18-16(19)15-10-11(2)9-12(3)17-15/h5-10H,4H2,1-3H3,(H,18,19). The Kier molecular flexibility index (Phi) is 3.95. The topological polar surface area (TPSA) is 42.0 Å². The van der Waals surface area contributed by atoms with Gasteiger partial charge in [0.15, 0.2) is 0 Å². The van der Waals surface area contributed by atoms with E-state index in [0.717, 1.165) is 28.9 Å². The predicted molar refractivity (Wildman–Crippen MR) is 77.5 cm³/mol. The summed E-state index contributed by atoms with van der Waals surface area (Å²) in [4.78, 5) is 16.5. The normalized spacial score (nSPS) is 10.3. The van der Waals surface area contributed by atoms with E-state index in [-0.39, 0.29) is 5.91 Å². The molecule has 19 heavy (non-hydrogen) atoms. The van der Waals surface area contributed by atoms with Gasteiger partial charge in [0, 0.05) is 11.4 Å². The largest absolute Gasteiger partial charge is 0.320 e. The smallest absolute Gasteiger partial charge is 0.274 e. The molecule has 0 aliphatic rings. The number of carbonyl (C=O) groups is 1. The lowest BCUT2D eigenvalue weighted by molar-refractivity contribution is 0.102. The molecule has 3 heteroatoms. The van der Waals surface area contributed by atoms with E-state index in [2.05, 4.69) is 17.2 Å². The molecular formula is C16H18N2O. The van der Waals surface area contributed by atoms with Crippen LogP contribution in [0.2, 0.25) is 0 Å². The van der Waals surface area contributed by atoms with Crippen molar-refractivity contribution in [2.75, 3.05) is 5.32 Å². The highest BCUT2D eigenvalue weighted by Crippen LogP contribution is 2.16. The molecule has 0 atom stereocenters. The maximum atomic E-state index is 12.2. The van der Waals surface area contributed by atoms with Gasteiger partial charge in [0.2, 0.25) is 0 Å². The molecule has 1 heterocycles. The average molecular weight is 254 g/mol. The molecule has 0 aliphatic heterocycles. The summed E-state index contributed by atoms with van der Waals surface area (Å²) in [6.45, 7) is 5.93. The van der Waals surface area contributed by atoms with Crippen LogP contribution in [0.25, 0.3) is 0 Å². The van der Waals surface area contributed by atoms with E-state index in [1.165, 1.54) is 0 Å². The lowest BCUT2D eigenvalue weighted by atomic mass is 10.1. The van der Waals surface area contributed by atoms with Crippen molar-refractivity contribution < 1.29 is 4.79 Å². The van der Waals surface area contributed by atoms with Crippen LogP contribution in [0.15, 0.2) is 36.4 Å². The maximum absolute atomic E-state index is 12.2. The van der Waals surface area contributed by atoms with Crippen LogP contribution in [0.5, 0.6) is 0 Å². The molecule has 0 spiro atoms. The number of aromatic nitrogens is 1. The first-order chi connectivity index (χ1) is 9.10. The van der Waals surface area contributed by atoms with Crippen molar-refractivity contribution in [3.8, 4) is 0 Å². The highest BCUT2D eigenvalue weighted by atomic mass is 16.1. The number of para-hydroxylation sites is 1. The molecule has 3 nitrogen and oxygen atoms in total. The number of pyridine rings is 1. The summed E-state index contributed by atoms with van der Waals surface area (Å²) in [5.74, 6) is -0.160. The SMILES string of the molecule is CCc1ccccc1NC(=O)c1cc(C)cc(C)n1. The van der Waals surface area contributed by atoms with Crippen LogP contribution in [0.3, 0.4) is 0 Å². The van der Waals surface area contributed by atoms with Crippen LogP contribution in [-0.2, 0) is 6.42 Å². The van der Waals surface area contributed by atoms with Gasteiger partial charge in [-0.25, -0.2) is 4.98 Å². The van der Waals surface area contributed by atoms with E-state index in [1.807, 2.05) is 44.2 Å². The van der Waals surface area contributed by atoms with Gasteiger partial charge in [-0.05, 0) is 49.6 Å². The number of nitrogens with zero attached hydrogens (tertiary/aromatic N) is 1. The zero-order chi connectivity index (χ0) is 13.8. The highest BCUT2D eigenvalue weighted by Gasteiger charge is 2.10. The van der Waals surface area contributed by atoms with Crippen LogP contribution in [0.4, 0.5) is 5.69 Å². The summed E-state index contributed by atoms with van der Waals surface area (Å²) in [5.41, 5.74) is 4.34. The Morgan fingerprint density at radius 1 is 1.21 bits per heavy atom. The zero-order valence-corrected chi connectivity index (χ0v) is 11.5. The fraction of sp³-hybridized carbons (Fsp3) is 0.250. The second-order valence-corrected chi connectivity index (χ2v) is 4.64. The molecule has 0 unspecified atom stereocenters. The maximum Gasteiger partial charge on any atom is 0.274 e. The van der Waals surface area contributed by atoms with E-state index in [0.29, 0.717) is 5.69 Å². The van der Waals surface area contributed by atoms with Gasteiger partial charge < -0.3 is 5.32 Å². The van der Waals surface area contributed by atoms with Crippen LogP contribution in [0.1, 0.15) is 34.2 Å². The second kappa shape index (κ2) is 5.65. The number of anilines is 1. The van der Waals surface area contributed by atoms with Crippen molar-refractivity contribution in [1.82, 2.24) is 4.98 Å². The minimum atomic E-state index is -0.160. The predicted octanol–water partition coefficient (Wildman–Crippen LogP) is 3.51. The molecule has 1 aromatic heterocycles. The summed E-state index contributed by atoms with van der Waals surface area (Å²) < 4.78 is 0. The van der Waals surface area contributed by atoms with Crippen molar-refractivity contribution in [2.45, 2.75) is 27.2 Å². The van der Waals surface area contributed by atoms with E-state index in [4.69, 9.17) is 0 Å². The van der Waals surface area contributed by atoms with E-state index < -0.39 is 0 Å². The van der Waals surface area contributed by atoms with Gasteiger partial charge in [-0.15, -0.1) is 0 Å². The van der Waals surface area contributed by atoms with Gasteiger partial charge in [0.05, 0.1) is 0 Å². The van der Waals surface area contributed by atoms with Crippen LogP contribution in [0, 0.1) is 13.8 Å². The fourth-order valence-corrected chi connectivity index (χ4v) is 2.09. The first-order valence-electron chi connectivity index (χ1n) is 6.44. The Balaban J connectivity index is 2.25. The highest BCUT2D eigenvalue weighted by molar-refractivity contribution is 6.03. The fourth-order valence-electron chi connectivity index (χ4n) is 2.09. The number of hydrogen-bond donors (Lipinski definition) is 1. The Bertz CT molecular complexity index is 585. The number of amides is 1. The second-order valence-electron chi connectivity index (χ2n) is 4.64. The molecule has 0 saturated carbocycles. The van der Waals surface area contributed by atoms with Gasteiger partial charge in [0.1, 0.15) is 5.69 Å². The van der Waals surface area contributed by atoms with Crippen molar-refractivity contribution in [3.05, 3.63) is 58.9 Å². The first-order valence-corrected chi connectivity index (χ1v) is 6.44. The van der Waals surface area contributed by atoms with Crippen LogP contribution >= 0.6 is 0 Å². The lowest BCUT2D eigenvalue weighted by Crippen LogP contribution is -2.15. The summed E-state index contributed by atoms with van der Waals surface area (Å²) in [7, 11) is 0. The Morgan fingerprint density at radius 3 is 2.63 bits per heavy atom. The zero-order valence-electron chi connectivity index (χ0n) is 11.5. The molecular weight excluding hydrogens is 236 g/mol. The first kappa shape index (κ1) is 13.3. The van der Waals surface area contributed by atoms with Crippen molar-refractivity contribution in [3.63, 3.8) is 0 Å². The van der Waals surface area contributed by atoms with Crippen molar-refractivity contribution in [1.29, 1.82) is 0 Å². The quantitative estimate of drug-likeness (QED) is 0.910. The molecule has 98 valence electrons. The molecule has 2 rings (SSSR count). The number of rotatable bonds is 3. The van der Waals surface area contributed by atoms with Gasteiger partial charge in [0.25, 0.3) is 5.91 Å². The van der Waals surface area contributed by atoms with Crippen LogP contribution in [-0.4, -0.2) is 10.9 Å². The van der Waals surface area contributed by atoms with Crippen LogP contribution < -0.4 is 5.32 Å². The Morgan fingerprint density at radius 2 is 1.95 bits per heavy atom. The minimum Gasteiger partial charge on any atom is -0.320 e.